The number of hydrogen-bond donors (Lipinski definition) is 2. The van der Waals surface area contributed by atoms with Crippen LogP contribution in [-0.2, 0) is 6.42 Å². The van der Waals surface area contributed by atoms with Crippen LogP contribution in [-0.4, -0.2) is 49.1 Å². The summed E-state index contributed by atoms with van der Waals surface area (Å²) in [5, 5.41) is 7.14. The van der Waals surface area contributed by atoms with Gasteiger partial charge in [0.05, 0.1) is 6.26 Å². The molecule has 0 spiro atoms. The van der Waals surface area contributed by atoms with Crippen LogP contribution in [0.25, 0.3) is 0 Å². The van der Waals surface area contributed by atoms with Crippen LogP contribution in [0.4, 0.5) is 0 Å². The van der Waals surface area contributed by atoms with E-state index in [1.165, 1.54) is 51.6 Å². The van der Waals surface area contributed by atoms with Gasteiger partial charge in [0.2, 0.25) is 0 Å². The fraction of sp³-hybridized carbons (Fsp3) is 0.750. The van der Waals surface area contributed by atoms with Crippen molar-refractivity contribution in [1.29, 1.82) is 0 Å². The standard InChI is InChI=1S/C20H34N4O.HI/c1-2-12-21-20(22-13-9-19-8-5-16-25-19)23-17-10-14-24(15-11-17)18-6-3-4-7-18;/h5,8,16-18H,2-4,6-7,9-15H2,1H3,(H2,21,22,23);1H. The third kappa shape index (κ3) is 6.76. The Morgan fingerprint density at radius 1 is 1.23 bits per heavy atom. The van der Waals surface area contributed by atoms with Crippen LogP contribution in [0.3, 0.4) is 0 Å². The second-order valence-corrected chi connectivity index (χ2v) is 7.38. The van der Waals surface area contributed by atoms with Gasteiger partial charge in [0.15, 0.2) is 5.96 Å². The summed E-state index contributed by atoms with van der Waals surface area (Å²) in [6.45, 7) is 6.36. The van der Waals surface area contributed by atoms with Gasteiger partial charge in [-0.3, -0.25) is 4.99 Å². The van der Waals surface area contributed by atoms with Crippen molar-refractivity contribution in [2.24, 2.45) is 4.99 Å². The molecule has 1 saturated heterocycles. The first-order valence-electron chi connectivity index (χ1n) is 10.2. The molecular formula is C20H35IN4O. The zero-order valence-electron chi connectivity index (χ0n) is 16.1. The molecule has 3 rings (SSSR count). The minimum Gasteiger partial charge on any atom is -0.469 e. The number of piperidine rings is 1. The summed E-state index contributed by atoms with van der Waals surface area (Å²) in [6.07, 6.45) is 11.8. The maximum Gasteiger partial charge on any atom is 0.191 e. The molecule has 1 aromatic heterocycles. The minimum atomic E-state index is 0. The first-order chi connectivity index (χ1) is 12.3. The first kappa shape index (κ1) is 21.5. The molecule has 0 aromatic carbocycles. The van der Waals surface area contributed by atoms with Gasteiger partial charge in [0.1, 0.15) is 5.76 Å². The molecule has 0 bridgehead atoms. The van der Waals surface area contributed by atoms with Gasteiger partial charge in [0, 0.05) is 44.7 Å². The monoisotopic (exact) mass is 474 g/mol. The van der Waals surface area contributed by atoms with Crippen molar-refractivity contribution >= 4 is 29.9 Å². The zero-order valence-corrected chi connectivity index (χ0v) is 18.4. The number of furan rings is 1. The molecule has 1 aliphatic heterocycles. The molecule has 26 heavy (non-hydrogen) atoms. The average Bonchev–Trinajstić information content (AvgIpc) is 3.34. The van der Waals surface area contributed by atoms with E-state index in [0.29, 0.717) is 6.04 Å². The van der Waals surface area contributed by atoms with Gasteiger partial charge >= 0.3 is 0 Å². The normalized spacial score (nSPS) is 20.1. The summed E-state index contributed by atoms with van der Waals surface area (Å²) in [5.41, 5.74) is 0. The SMILES string of the molecule is CCCN=C(NCCc1ccco1)NC1CCN(C2CCCC2)CC1.I. The van der Waals surface area contributed by atoms with E-state index in [-0.39, 0.29) is 24.0 Å². The van der Waals surface area contributed by atoms with E-state index < -0.39 is 0 Å². The van der Waals surface area contributed by atoms with Crippen molar-refractivity contribution in [3.05, 3.63) is 24.2 Å². The number of nitrogens with zero attached hydrogens (tertiary/aromatic N) is 2. The first-order valence-corrected chi connectivity index (χ1v) is 10.2. The summed E-state index contributed by atoms with van der Waals surface area (Å²) in [7, 11) is 0. The minimum absolute atomic E-state index is 0. The maximum atomic E-state index is 5.40. The fourth-order valence-electron chi connectivity index (χ4n) is 4.01. The molecule has 148 valence electrons. The summed E-state index contributed by atoms with van der Waals surface area (Å²) in [5.74, 6) is 1.99. The van der Waals surface area contributed by atoms with Crippen LogP contribution in [0.1, 0.15) is 57.6 Å². The van der Waals surface area contributed by atoms with Gasteiger partial charge in [-0.25, -0.2) is 0 Å². The Bertz CT molecular complexity index is 506. The number of halogens is 1. The predicted octanol–water partition coefficient (Wildman–Crippen LogP) is 3.79. The van der Waals surface area contributed by atoms with Crippen LogP contribution in [0.5, 0.6) is 0 Å². The average molecular weight is 474 g/mol. The summed E-state index contributed by atoms with van der Waals surface area (Å²) >= 11 is 0. The molecule has 0 amide bonds. The molecule has 2 aliphatic rings. The Morgan fingerprint density at radius 3 is 2.65 bits per heavy atom. The van der Waals surface area contributed by atoms with E-state index in [4.69, 9.17) is 9.41 Å². The lowest BCUT2D eigenvalue weighted by Crippen LogP contribution is -2.50. The van der Waals surface area contributed by atoms with Gasteiger partial charge in [-0.2, -0.15) is 0 Å². The molecule has 1 saturated carbocycles. The molecule has 1 aromatic rings. The maximum absolute atomic E-state index is 5.40. The van der Waals surface area contributed by atoms with E-state index in [2.05, 4.69) is 22.5 Å². The third-order valence-corrected chi connectivity index (χ3v) is 5.45. The number of nitrogens with one attached hydrogen (secondary N) is 2. The van der Waals surface area contributed by atoms with Crippen molar-refractivity contribution in [3.8, 4) is 0 Å². The molecule has 2 N–H and O–H groups in total. The lowest BCUT2D eigenvalue weighted by molar-refractivity contribution is 0.150. The van der Waals surface area contributed by atoms with E-state index in [0.717, 1.165) is 43.7 Å². The second kappa shape index (κ2) is 11.8. The highest BCUT2D eigenvalue weighted by molar-refractivity contribution is 14.0. The number of likely N-dealkylation sites (tertiary alicyclic amines) is 1. The molecule has 6 heteroatoms. The second-order valence-electron chi connectivity index (χ2n) is 7.38. The van der Waals surface area contributed by atoms with Crippen LogP contribution in [0.2, 0.25) is 0 Å². The van der Waals surface area contributed by atoms with Crippen molar-refractivity contribution < 1.29 is 4.42 Å². The topological polar surface area (TPSA) is 52.8 Å². The molecule has 0 unspecified atom stereocenters. The Hall–Kier alpha value is -0.760. The third-order valence-electron chi connectivity index (χ3n) is 5.45. The van der Waals surface area contributed by atoms with E-state index in [1.54, 1.807) is 6.26 Å². The van der Waals surface area contributed by atoms with Crippen molar-refractivity contribution in [1.82, 2.24) is 15.5 Å². The molecular weight excluding hydrogens is 439 g/mol. The zero-order chi connectivity index (χ0) is 17.3. The molecule has 0 radical (unpaired) electrons. The van der Waals surface area contributed by atoms with E-state index in [1.807, 2.05) is 12.1 Å². The van der Waals surface area contributed by atoms with Crippen LogP contribution in [0, 0.1) is 0 Å². The quantitative estimate of drug-likeness (QED) is 0.359. The molecule has 5 nitrogen and oxygen atoms in total. The smallest absolute Gasteiger partial charge is 0.191 e. The highest BCUT2D eigenvalue weighted by Gasteiger charge is 2.27. The largest absolute Gasteiger partial charge is 0.469 e. The van der Waals surface area contributed by atoms with Crippen LogP contribution < -0.4 is 10.6 Å². The predicted molar refractivity (Wildman–Crippen MR) is 118 cm³/mol. The van der Waals surface area contributed by atoms with Gasteiger partial charge in [0.25, 0.3) is 0 Å². The number of hydrogen-bond acceptors (Lipinski definition) is 3. The van der Waals surface area contributed by atoms with Gasteiger partial charge in [-0.15, -0.1) is 24.0 Å². The Balaban J connectivity index is 0.00000243. The van der Waals surface area contributed by atoms with Crippen LogP contribution in [0.15, 0.2) is 27.8 Å². The lowest BCUT2D eigenvalue weighted by atomic mass is 10.0. The summed E-state index contributed by atoms with van der Waals surface area (Å²) < 4.78 is 5.40. The van der Waals surface area contributed by atoms with Gasteiger partial charge in [-0.05, 0) is 44.2 Å². The highest BCUT2D eigenvalue weighted by atomic mass is 127. The number of rotatable bonds is 7. The Morgan fingerprint density at radius 2 is 2.00 bits per heavy atom. The summed E-state index contributed by atoms with van der Waals surface area (Å²) in [4.78, 5) is 7.42. The Kier molecular flexibility index (Phi) is 9.82. The van der Waals surface area contributed by atoms with Crippen LogP contribution >= 0.6 is 24.0 Å². The summed E-state index contributed by atoms with van der Waals surface area (Å²) in [6, 6.07) is 5.37. The molecule has 0 atom stereocenters. The molecule has 2 heterocycles. The van der Waals surface area contributed by atoms with E-state index in [9.17, 15) is 0 Å². The van der Waals surface area contributed by atoms with Crippen molar-refractivity contribution in [2.45, 2.75) is 70.4 Å². The van der Waals surface area contributed by atoms with Gasteiger partial charge in [-0.1, -0.05) is 19.8 Å². The van der Waals surface area contributed by atoms with Gasteiger partial charge < -0.3 is 20.0 Å². The van der Waals surface area contributed by atoms with Crippen molar-refractivity contribution in [2.75, 3.05) is 26.2 Å². The highest BCUT2D eigenvalue weighted by Crippen LogP contribution is 2.26. The molecule has 1 aliphatic carbocycles. The van der Waals surface area contributed by atoms with E-state index >= 15 is 0 Å². The fourth-order valence-corrected chi connectivity index (χ4v) is 4.01. The number of aliphatic imine (C=N–C) groups is 1. The Labute approximate surface area is 175 Å². The number of guanidine groups is 1. The molecule has 2 fully saturated rings. The van der Waals surface area contributed by atoms with Crippen molar-refractivity contribution in [3.63, 3.8) is 0 Å². The lowest BCUT2D eigenvalue weighted by Gasteiger charge is -2.36.